The van der Waals surface area contributed by atoms with Crippen LogP contribution in [0.15, 0.2) is 27.8 Å². The Hall–Kier alpha value is -1.13. The van der Waals surface area contributed by atoms with Crippen LogP contribution in [0.5, 0.6) is 0 Å². The van der Waals surface area contributed by atoms with Crippen molar-refractivity contribution in [3.8, 4) is 11.4 Å². The standard InChI is InChI=1S/C9H4BrClF3N3O2S/c10-6-2-1-4(9(12,13)14)3-5(6)7-15-8(17-16-7)20(11,18)19/h1-3H,(H,15,16,17). The van der Waals surface area contributed by atoms with Crippen molar-refractivity contribution in [2.45, 2.75) is 11.3 Å². The molecule has 0 saturated carbocycles. The van der Waals surface area contributed by atoms with E-state index in [0.717, 1.165) is 12.1 Å². The molecule has 108 valence electrons. The Balaban J connectivity index is 2.55. The van der Waals surface area contributed by atoms with Crippen molar-refractivity contribution in [1.29, 1.82) is 0 Å². The molecule has 0 aliphatic carbocycles. The summed E-state index contributed by atoms with van der Waals surface area (Å²) in [7, 11) is 0.914. The number of nitrogens with one attached hydrogen (secondary N) is 1. The Labute approximate surface area is 123 Å². The molecule has 0 atom stereocenters. The number of hydrogen-bond donors (Lipinski definition) is 1. The molecule has 2 aromatic rings. The Morgan fingerprint density at radius 3 is 2.45 bits per heavy atom. The highest BCUT2D eigenvalue weighted by Crippen LogP contribution is 2.35. The van der Waals surface area contributed by atoms with Crippen LogP contribution >= 0.6 is 26.6 Å². The zero-order valence-corrected chi connectivity index (χ0v) is 12.4. The monoisotopic (exact) mass is 389 g/mol. The zero-order valence-electron chi connectivity index (χ0n) is 9.24. The quantitative estimate of drug-likeness (QED) is 0.799. The van der Waals surface area contributed by atoms with Gasteiger partial charge in [-0.05, 0) is 18.2 Å². The summed E-state index contributed by atoms with van der Waals surface area (Å²) in [4.78, 5) is 3.55. The Morgan fingerprint density at radius 2 is 1.95 bits per heavy atom. The highest BCUT2D eigenvalue weighted by Gasteiger charge is 2.31. The number of rotatable bonds is 2. The van der Waals surface area contributed by atoms with Gasteiger partial charge in [0.05, 0.1) is 5.56 Å². The van der Waals surface area contributed by atoms with Crippen molar-refractivity contribution < 1.29 is 21.6 Å². The predicted molar refractivity (Wildman–Crippen MR) is 67.6 cm³/mol. The lowest BCUT2D eigenvalue weighted by molar-refractivity contribution is -0.137. The maximum atomic E-state index is 12.6. The molecule has 0 spiro atoms. The van der Waals surface area contributed by atoms with Crippen LogP contribution in [0.4, 0.5) is 13.2 Å². The SMILES string of the molecule is O=S(=O)(Cl)c1nc(-c2cc(C(F)(F)F)ccc2Br)n[nH]1. The first-order valence-corrected chi connectivity index (χ1v) is 7.93. The molecule has 2 rings (SSSR count). The average molecular weight is 391 g/mol. The van der Waals surface area contributed by atoms with E-state index in [9.17, 15) is 21.6 Å². The third-order valence-corrected chi connectivity index (χ3v) is 4.00. The van der Waals surface area contributed by atoms with E-state index in [1.54, 1.807) is 0 Å². The molecule has 0 aliphatic heterocycles. The van der Waals surface area contributed by atoms with E-state index < -0.39 is 25.9 Å². The summed E-state index contributed by atoms with van der Waals surface area (Å²) < 4.78 is 60.2. The van der Waals surface area contributed by atoms with Crippen LogP contribution < -0.4 is 0 Å². The molecule has 0 amide bonds. The molecule has 5 nitrogen and oxygen atoms in total. The number of hydrogen-bond acceptors (Lipinski definition) is 4. The number of halogens is 5. The van der Waals surface area contributed by atoms with Gasteiger partial charge in [-0.2, -0.15) is 23.3 Å². The molecular weight excluding hydrogens is 387 g/mol. The fourth-order valence-electron chi connectivity index (χ4n) is 1.35. The molecule has 20 heavy (non-hydrogen) atoms. The second kappa shape index (κ2) is 5.01. The van der Waals surface area contributed by atoms with E-state index in [4.69, 9.17) is 10.7 Å². The molecule has 11 heteroatoms. The second-order valence-electron chi connectivity index (χ2n) is 3.59. The summed E-state index contributed by atoms with van der Waals surface area (Å²) >= 11 is 3.05. The van der Waals surface area contributed by atoms with Gasteiger partial charge >= 0.3 is 6.18 Å². The van der Waals surface area contributed by atoms with Gasteiger partial charge in [-0.15, -0.1) is 0 Å². The largest absolute Gasteiger partial charge is 0.416 e. The van der Waals surface area contributed by atoms with Gasteiger partial charge in [0.1, 0.15) is 0 Å². The summed E-state index contributed by atoms with van der Waals surface area (Å²) in [5, 5.41) is 4.95. The van der Waals surface area contributed by atoms with E-state index in [1.807, 2.05) is 5.10 Å². The molecule has 1 aromatic carbocycles. The van der Waals surface area contributed by atoms with Crippen LogP contribution in [-0.4, -0.2) is 23.6 Å². The van der Waals surface area contributed by atoms with Gasteiger partial charge in [0.2, 0.25) is 0 Å². The number of benzene rings is 1. The number of aromatic nitrogens is 3. The lowest BCUT2D eigenvalue weighted by Gasteiger charge is -2.08. The van der Waals surface area contributed by atoms with Crippen LogP contribution in [-0.2, 0) is 15.2 Å². The van der Waals surface area contributed by atoms with Gasteiger partial charge < -0.3 is 0 Å². The maximum Gasteiger partial charge on any atom is 0.416 e. The van der Waals surface area contributed by atoms with Crippen molar-refractivity contribution in [2.24, 2.45) is 0 Å². The van der Waals surface area contributed by atoms with E-state index >= 15 is 0 Å². The van der Waals surface area contributed by atoms with Crippen LogP contribution in [0.1, 0.15) is 5.56 Å². The van der Waals surface area contributed by atoms with Crippen molar-refractivity contribution in [1.82, 2.24) is 15.2 Å². The third kappa shape index (κ3) is 3.13. The topological polar surface area (TPSA) is 75.7 Å². The minimum Gasteiger partial charge on any atom is -0.248 e. The van der Waals surface area contributed by atoms with Crippen LogP contribution in [0.2, 0.25) is 0 Å². The van der Waals surface area contributed by atoms with Gasteiger partial charge in [-0.1, -0.05) is 15.9 Å². The molecular formula is C9H4BrClF3N3O2S. The molecule has 1 heterocycles. The molecule has 0 fully saturated rings. The zero-order chi connectivity index (χ0) is 15.1. The Kier molecular flexibility index (Phi) is 3.82. The molecule has 0 radical (unpaired) electrons. The average Bonchev–Trinajstić information content (AvgIpc) is 2.76. The Morgan fingerprint density at radius 1 is 1.30 bits per heavy atom. The summed E-state index contributed by atoms with van der Waals surface area (Å²) in [6.45, 7) is 0. The summed E-state index contributed by atoms with van der Waals surface area (Å²) in [6.07, 6.45) is -4.53. The van der Waals surface area contributed by atoms with Crippen LogP contribution in [0.25, 0.3) is 11.4 Å². The number of alkyl halides is 3. The number of aromatic amines is 1. The van der Waals surface area contributed by atoms with E-state index in [1.165, 1.54) is 6.07 Å². The van der Waals surface area contributed by atoms with E-state index in [2.05, 4.69) is 26.0 Å². The minimum absolute atomic E-state index is 0.0114. The predicted octanol–water partition coefficient (Wildman–Crippen LogP) is 3.18. The molecule has 0 saturated heterocycles. The third-order valence-electron chi connectivity index (χ3n) is 2.23. The number of nitrogens with zero attached hydrogens (tertiary/aromatic N) is 2. The molecule has 0 bridgehead atoms. The van der Waals surface area contributed by atoms with Crippen molar-refractivity contribution in [3.05, 3.63) is 28.2 Å². The van der Waals surface area contributed by atoms with E-state index in [0.29, 0.717) is 0 Å². The Bertz CT molecular complexity index is 760. The highest BCUT2D eigenvalue weighted by molar-refractivity contribution is 9.10. The van der Waals surface area contributed by atoms with Crippen molar-refractivity contribution >= 4 is 35.7 Å². The van der Waals surface area contributed by atoms with Crippen molar-refractivity contribution in [3.63, 3.8) is 0 Å². The van der Waals surface area contributed by atoms with E-state index in [-0.39, 0.29) is 15.9 Å². The fraction of sp³-hybridized carbons (Fsp3) is 0.111. The highest BCUT2D eigenvalue weighted by atomic mass is 79.9. The molecule has 0 aliphatic rings. The lowest BCUT2D eigenvalue weighted by atomic mass is 10.1. The fourth-order valence-corrected chi connectivity index (χ4v) is 2.33. The molecule has 1 aromatic heterocycles. The smallest absolute Gasteiger partial charge is 0.248 e. The lowest BCUT2D eigenvalue weighted by Crippen LogP contribution is -2.05. The molecule has 0 unspecified atom stereocenters. The normalized spacial score (nSPS) is 12.7. The van der Waals surface area contributed by atoms with Gasteiger partial charge in [-0.25, -0.2) is 13.5 Å². The van der Waals surface area contributed by atoms with Gasteiger partial charge in [-0.3, -0.25) is 0 Å². The second-order valence-corrected chi connectivity index (χ2v) is 6.93. The maximum absolute atomic E-state index is 12.6. The summed E-state index contributed by atoms with van der Waals surface area (Å²) in [6, 6.07) is 2.85. The first-order chi connectivity index (χ1) is 9.09. The van der Waals surface area contributed by atoms with Gasteiger partial charge in [0, 0.05) is 20.7 Å². The van der Waals surface area contributed by atoms with Crippen molar-refractivity contribution in [2.75, 3.05) is 0 Å². The minimum atomic E-state index is -4.53. The first-order valence-electron chi connectivity index (χ1n) is 4.83. The summed E-state index contributed by atoms with van der Waals surface area (Å²) in [5.41, 5.74) is -0.918. The van der Waals surface area contributed by atoms with Crippen LogP contribution in [0, 0.1) is 0 Å². The van der Waals surface area contributed by atoms with Crippen LogP contribution in [0.3, 0.4) is 0 Å². The first kappa shape index (κ1) is 15.3. The van der Waals surface area contributed by atoms with Gasteiger partial charge in [0.25, 0.3) is 14.2 Å². The van der Waals surface area contributed by atoms with Gasteiger partial charge in [0.15, 0.2) is 5.82 Å². The summed E-state index contributed by atoms with van der Waals surface area (Å²) in [5.74, 6) is -0.220. The number of H-pyrrole nitrogens is 1. The molecule has 1 N–H and O–H groups in total.